The molecule has 0 spiro atoms. The van der Waals surface area contributed by atoms with Gasteiger partial charge in [0.05, 0.1) is 16.9 Å². The number of hydrogen-bond donors (Lipinski definition) is 0. The first-order valence-corrected chi connectivity index (χ1v) is 8.05. The molecule has 0 fully saturated rings. The van der Waals surface area contributed by atoms with E-state index in [1.807, 2.05) is 13.8 Å². The van der Waals surface area contributed by atoms with Gasteiger partial charge in [-0.3, -0.25) is 9.48 Å². The van der Waals surface area contributed by atoms with Gasteiger partial charge in [0.15, 0.2) is 5.69 Å². The fourth-order valence-electron chi connectivity index (χ4n) is 2.58. The van der Waals surface area contributed by atoms with Crippen LogP contribution in [0.4, 0.5) is 13.2 Å². The molecule has 0 N–H and O–H groups in total. The minimum absolute atomic E-state index is 0.142. The lowest BCUT2D eigenvalue weighted by Crippen LogP contribution is -2.16. The molecule has 2 aromatic heterocycles. The van der Waals surface area contributed by atoms with E-state index in [1.165, 1.54) is 29.1 Å². The van der Waals surface area contributed by atoms with Gasteiger partial charge in [-0.1, -0.05) is 19.9 Å². The molecule has 3 rings (SSSR count). The molecule has 136 valence electrons. The summed E-state index contributed by atoms with van der Waals surface area (Å²) in [5, 5.41) is 8.45. The van der Waals surface area contributed by atoms with Gasteiger partial charge in [-0.15, -0.1) is 0 Å². The molecule has 0 aliphatic heterocycles. The minimum atomic E-state index is -4.45. The van der Waals surface area contributed by atoms with Gasteiger partial charge >= 0.3 is 6.18 Å². The summed E-state index contributed by atoms with van der Waals surface area (Å²) in [6.07, 6.45) is -1.53. The standard InChI is InChI=1S/C18H17F3N4O/c1-12(2)11-25-15(6-8-22-25)17-16(26)7-9-24(23-17)14-5-3-4-13(10-14)18(19,20)21/h3-10,12H,11H2,1-2H3. The topological polar surface area (TPSA) is 52.7 Å². The van der Waals surface area contributed by atoms with Crippen LogP contribution in [0, 0.1) is 5.92 Å². The molecule has 0 saturated heterocycles. The number of benzene rings is 1. The van der Waals surface area contributed by atoms with E-state index in [-0.39, 0.29) is 16.8 Å². The molecule has 3 aromatic rings. The summed E-state index contributed by atoms with van der Waals surface area (Å²) >= 11 is 0. The van der Waals surface area contributed by atoms with Gasteiger partial charge in [0, 0.05) is 25.0 Å². The lowest BCUT2D eigenvalue weighted by Gasteiger charge is -2.12. The molecule has 0 saturated carbocycles. The smallest absolute Gasteiger partial charge is 0.287 e. The maximum absolute atomic E-state index is 12.9. The third-order valence-corrected chi connectivity index (χ3v) is 3.74. The third-order valence-electron chi connectivity index (χ3n) is 3.74. The van der Waals surface area contributed by atoms with Gasteiger partial charge in [0.1, 0.15) is 0 Å². The second-order valence-electron chi connectivity index (χ2n) is 6.31. The van der Waals surface area contributed by atoms with Gasteiger partial charge in [0.25, 0.3) is 0 Å². The highest BCUT2D eigenvalue weighted by atomic mass is 19.4. The van der Waals surface area contributed by atoms with Gasteiger partial charge in [-0.25, -0.2) is 4.68 Å². The molecular weight excluding hydrogens is 345 g/mol. The molecular formula is C18H17F3N4O. The van der Waals surface area contributed by atoms with Crippen molar-refractivity contribution in [1.29, 1.82) is 0 Å². The van der Waals surface area contributed by atoms with Crippen molar-refractivity contribution in [2.75, 3.05) is 0 Å². The fraction of sp³-hybridized carbons (Fsp3) is 0.278. The highest BCUT2D eigenvalue weighted by Gasteiger charge is 2.30. The highest BCUT2D eigenvalue weighted by Crippen LogP contribution is 2.30. The van der Waals surface area contributed by atoms with Gasteiger partial charge in [-0.2, -0.15) is 23.4 Å². The van der Waals surface area contributed by atoms with Crippen molar-refractivity contribution in [2.45, 2.75) is 26.6 Å². The quantitative estimate of drug-likeness (QED) is 0.710. The lowest BCUT2D eigenvalue weighted by atomic mass is 10.2. The largest absolute Gasteiger partial charge is 0.416 e. The third kappa shape index (κ3) is 3.68. The van der Waals surface area contributed by atoms with Crippen LogP contribution in [-0.4, -0.2) is 19.6 Å². The van der Waals surface area contributed by atoms with E-state index >= 15 is 0 Å². The Labute approximate surface area is 147 Å². The molecule has 0 radical (unpaired) electrons. The van der Waals surface area contributed by atoms with Crippen LogP contribution in [0.15, 0.2) is 53.6 Å². The van der Waals surface area contributed by atoms with Crippen molar-refractivity contribution in [3.05, 3.63) is 64.6 Å². The maximum atomic E-state index is 12.9. The first-order valence-electron chi connectivity index (χ1n) is 8.05. The van der Waals surface area contributed by atoms with Crippen LogP contribution < -0.4 is 5.43 Å². The van der Waals surface area contributed by atoms with Crippen molar-refractivity contribution < 1.29 is 13.2 Å². The number of hydrogen-bond acceptors (Lipinski definition) is 3. The molecule has 0 aliphatic rings. The van der Waals surface area contributed by atoms with E-state index < -0.39 is 11.7 Å². The fourth-order valence-corrected chi connectivity index (χ4v) is 2.58. The van der Waals surface area contributed by atoms with Crippen LogP contribution in [0.25, 0.3) is 17.1 Å². The number of nitrogens with zero attached hydrogens (tertiary/aromatic N) is 4. The number of halogens is 3. The zero-order valence-electron chi connectivity index (χ0n) is 14.2. The van der Waals surface area contributed by atoms with E-state index in [0.29, 0.717) is 18.2 Å². The Kier molecular flexibility index (Phi) is 4.67. The average Bonchev–Trinajstić information content (AvgIpc) is 3.02. The van der Waals surface area contributed by atoms with Crippen LogP contribution in [-0.2, 0) is 12.7 Å². The van der Waals surface area contributed by atoms with Crippen molar-refractivity contribution in [2.24, 2.45) is 5.92 Å². The number of alkyl halides is 3. The Morgan fingerprint density at radius 3 is 2.62 bits per heavy atom. The molecule has 8 heteroatoms. The molecule has 0 aliphatic carbocycles. The summed E-state index contributed by atoms with van der Waals surface area (Å²) in [6, 6.07) is 7.75. The zero-order chi connectivity index (χ0) is 18.9. The summed E-state index contributed by atoms with van der Waals surface area (Å²) in [4.78, 5) is 12.3. The maximum Gasteiger partial charge on any atom is 0.416 e. The monoisotopic (exact) mass is 362 g/mol. The van der Waals surface area contributed by atoms with E-state index in [9.17, 15) is 18.0 Å². The Balaban J connectivity index is 2.07. The number of rotatable bonds is 4. The van der Waals surface area contributed by atoms with Crippen molar-refractivity contribution in [1.82, 2.24) is 19.6 Å². The van der Waals surface area contributed by atoms with Gasteiger partial charge in [0.2, 0.25) is 5.43 Å². The predicted octanol–water partition coefficient (Wildman–Crippen LogP) is 3.77. The second-order valence-corrected chi connectivity index (χ2v) is 6.31. The molecule has 0 amide bonds. The van der Waals surface area contributed by atoms with Crippen molar-refractivity contribution in [3.63, 3.8) is 0 Å². The molecule has 0 unspecified atom stereocenters. The normalized spacial score (nSPS) is 11.9. The Morgan fingerprint density at radius 1 is 1.15 bits per heavy atom. The van der Waals surface area contributed by atoms with Crippen LogP contribution >= 0.6 is 0 Å². The molecule has 5 nitrogen and oxygen atoms in total. The molecule has 1 aromatic carbocycles. The Bertz CT molecular complexity index is 973. The highest BCUT2D eigenvalue weighted by molar-refractivity contribution is 5.53. The van der Waals surface area contributed by atoms with Crippen LogP contribution in [0.2, 0.25) is 0 Å². The van der Waals surface area contributed by atoms with E-state index in [1.54, 1.807) is 16.9 Å². The molecule has 2 heterocycles. The van der Waals surface area contributed by atoms with Gasteiger partial charge in [-0.05, 0) is 30.2 Å². The van der Waals surface area contributed by atoms with Crippen LogP contribution in [0.3, 0.4) is 0 Å². The summed E-state index contributed by atoms with van der Waals surface area (Å²) in [5.74, 6) is 0.308. The van der Waals surface area contributed by atoms with Gasteiger partial charge < -0.3 is 0 Å². The van der Waals surface area contributed by atoms with Crippen molar-refractivity contribution in [3.8, 4) is 17.1 Å². The summed E-state index contributed by atoms with van der Waals surface area (Å²) in [6.45, 7) is 4.64. The molecule has 0 atom stereocenters. The SMILES string of the molecule is CC(C)Cn1nccc1-c1nn(-c2cccc(C(F)(F)F)c2)ccc1=O. The van der Waals surface area contributed by atoms with Crippen molar-refractivity contribution >= 4 is 0 Å². The zero-order valence-corrected chi connectivity index (χ0v) is 14.2. The first kappa shape index (κ1) is 17.9. The van der Waals surface area contributed by atoms with Crippen LogP contribution in [0.5, 0.6) is 0 Å². The predicted molar refractivity (Wildman–Crippen MR) is 90.9 cm³/mol. The molecule has 26 heavy (non-hydrogen) atoms. The summed E-state index contributed by atoms with van der Waals surface area (Å²) in [7, 11) is 0. The minimum Gasteiger partial charge on any atom is -0.287 e. The Morgan fingerprint density at radius 2 is 1.92 bits per heavy atom. The number of aromatic nitrogens is 4. The summed E-state index contributed by atoms with van der Waals surface area (Å²) in [5.41, 5.74) is -0.204. The molecule has 0 bridgehead atoms. The second kappa shape index (κ2) is 6.78. The van der Waals surface area contributed by atoms with E-state index in [2.05, 4.69) is 10.2 Å². The first-order chi connectivity index (χ1) is 12.3. The van der Waals surface area contributed by atoms with E-state index in [4.69, 9.17) is 0 Å². The van der Waals surface area contributed by atoms with E-state index in [0.717, 1.165) is 12.1 Å². The summed E-state index contributed by atoms with van der Waals surface area (Å²) < 4.78 is 41.7. The average molecular weight is 362 g/mol. The Hall–Kier alpha value is -2.90. The van der Waals surface area contributed by atoms with Crippen LogP contribution in [0.1, 0.15) is 19.4 Å². The lowest BCUT2D eigenvalue weighted by molar-refractivity contribution is -0.137.